The average Bonchev–Trinajstić information content (AvgIpc) is 2.74. The zero-order valence-corrected chi connectivity index (χ0v) is 17.6. The van der Waals surface area contributed by atoms with E-state index in [2.05, 4.69) is 26.3 Å². The van der Waals surface area contributed by atoms with Gasteiger partial charge in [0.05, 0.1) is 12.6 Å². The van der Waals surface area contributed by atoms with E-state index in [0.29, 0.717) is 0 Å². The van der Waals surface area contributed by atoms with Crippen LogP contribution >= 0.6 is 15.9 Å². The number of rotatable bonds is 8. The predicted octanol–water partition coefficient (Wildman–Crippen LogP) is 3.97. The van der Waals surface area contributed by atoms with Crippen molar-refractivity contribution in [1.29, 1.82) is 0 Å². The van der Waals surface area contributed by atoms with Gasteiger partial charge in [0.1, 0.15) is 18.1 Å². The third-order valence-corrected chi connectivity index (χ3v) is 4.93. The van der Waals surface area contributed by atoms with Crippen LogP contribution in [0.5, 0.6) is 5.75 Å². The van der Waals surface area contributed by atoms with Crippen molar-refractivity contribution in [1.82, 2.24) is 15.1 Å². The number of hydrogen-bond donors (Lipinski definition) is 1. The second-order valence-corrected chi connectivity index (χ2v) is 7.34. The molecule has 7 heteroatoms. The van der Waals surface area contributed by atoms with Crippen LogP contribution in [0.1, 0.15) is 35.4 Å². The summed E-state index contributed by atoms with van der Waals surface area (Å²) in [6.45, 7) is 2.53. The highest BCUT2D eigenvalue weighted by Gasteiger charge is 2.16. The van der Waals surface area contributed by atoms with Crippen LogP contribution in [0.25, 0.3) is 0 Å². The Hall–Kier alpha value is -2.93. The summed E-state index contributed by atoms with van der Waals surface area (Å²) in [4.78, 5) is 24.8. The Labute approximate surface area is 177 Å². The quantitative estimate of drug-likeness (QED) is 0.557. The van der Waals surface area contributed by atoms with Crippen LogP contribution in [0.2, 0.25) is 0 Å². The molecule has 1 heterocycles. The fraction of sp³-hybridized carbons (Fsp3) is 0.227. The van der Waals surface area contributed by atoms with Gasteiger partial charge >= 0.3 is 0 Å². The van der Waals surface area contributed by atoms with Crippen LogP contribution in [-0.2, 0) is 6.54 Å². The molecule has 1 N–H and O–H groups in total. The van der Waals surface area contributed by atoms with Gasteiger partial charge in [0.2, 0.25) is 0 Å². The standard InChI is InChI=1S/C22H22BrN3O3/c1-2-19(16-8-10-17(23)11-9-16)24-22(28)20-12-13-21(27)26(25-20)14-15-29-18-6-4-3-5-7-18/h3-13,19H,2,14-15H2,1H3,(H,24,28). The Kier molecular flexibility index (Phi) is 7.19. The van der Waals surface area contributed by atoms with Gasteiger partial charge in [-0.2, -0.15) is 5.10 Å². The normalized spacial score (nSPS) is 11.7. The number of carbonyl (C=O) groups is 1. The lowest BCUT2D eigenvalue weighted by molar-refractivity contribution is 0.0927. The molecule has 0 aliphatic rings. The molecule has 0 aliphatic carbocycles. The first-order valence-electron chi connectivity index (χ1n) is 9.39. The van der Waals surface area contributed by atoms with E-state index < -0.39 is 0 Å². The topological polar surface area (TPSA) is 73.2 Å². The summed E-state index contributed by atoms with van der Waals surface area (Å²) < 4.78 is 7.84. The van der Waals surface area contributed by atoms with Gasteiger partial charge in [0, 0.05) is 10.5 Å². The molecule has 0 spiro atoms. The largest absolute Gasteiger partial charge is 0.492 e. The van der Waals surface area contributed by atoms with E-state index in [0.717, 1.165) is 22.2 Å². The first kappa shape index (κ1) is 20.8. The third kappa shape index (κ3) is 5.77. The highest BCUT2D eigenvalue weighted by atomic mass is 79.9. The average molecular weight is 456 g/mol. The van der Waals surface area contributed by atoms with Crippen LogP contribution in [0.3, 0.4) is 0 Å². The molecule has 0 fully saturated rings. The van der Waals surface area contributed by atoms with Gasteiger partial charge in [0.15, 0.2) is 0 Å². The van der Waals surface area contributed by atoms with Gasteiger partial charge in [-0.05, 0) is 42.3 Å². The van der Waals surface area contributed by atoms with E-state index in [9.17, 15) is 9.59 Å². The number of carbonyl (C=O) groups excluding carboxylic acids is 1. The Morgan fingerprint density at radius 3 is 2.52 bits per heavy atom. The molecule has 150 valence electrons. The zero-order valence-electron chi connectivity index (χ0n) is 16.0. The fourth-order valence-electron chi connectivity index (χ4n) is 2.85. The molecule has 3 rings (SSSR count). The number of nitrogens with zero attached hydrogens (tertiary/aromatic N) is 2. The smallest absolute Gasteiger partial charge is 0.272 e. The first-order valence-corrected chi connectivity index (χ1v) is 10.2. The van der Waals surface area contributed by atoms with E-state index in [1.807, 2.05) is 61.5 Å². The van der Waals surface area contributed by atoms with E-state index in [-0.39, 0.29) is 36.4 Å². The second-order valence-electron chi connectivity index (χ2n) is 6.43. The summed E-state index contributed by atoms with van der Waals surface area (Å²) in [5.74, 6) is 0.396. The molecule has 0 saturated heterocycles. The number of nitrogens with one attached hydrogen (secondary N) is 1. The summed E-state index contributed by atoms with van der Waals surface area (Å²) in [5, 5.41) is 7.19. The van der Waals surface area contributed by atoms with Crippen LogP contribution in [-0.4, -0.2) is 22.3 Å². The number of para-hydroxylation sites is 1. The zero-order chi connectivity index (χ0) is 20.6. The van der Waals surface area contributed by atoms with Crippen molar-refractivity contribution < 1.29 is 9.53 Å². The molecule has 2 aromatic carbocycles. The maximum atomic E-state index is 12.7. The minimum atomic E-state index is -0.322. The number of hydrogen-bond acceptors (Lipinski definition) is 4. The highest BCUT2D eigenvalue weighted by Crippen LogP contribution is 2.19. The van der Waals surface area contributed by atoms with Gasteiger partial charge in [-0.15, -0.1) is 0 Å². The fourth-order valence-corrected chi connectivity index (χ4v) is 3.11. The van der Waals surface area contributed by atoms with Crippen molar-refractivity contribution in [2.24, 2.45) is 0 Å². The highest BCUT2D eigenvalue weighted by molar-refractivity contribution is 9.10. The minimum Gasteiger partial charge on any atom is -0.492 e. The monoisotopic (exact) mass is 455 g/mol. The van der Waals surface area contributed by atoms with Gasteiger partial charge in [-0.3, -0.25) is 9.59 Å². The van der Waals surface area contributed by atoms with Crippen LogP contribution in [0, 0.1) is 0 Å². The Morgan fingerprint density at radius 1 is 1.10 bits per heavy atom. The molecule has 3 aromatic rings. The predicted molar refractivity (Wildman–Crippen MR) is 115 cm³/mol. The van der Waals surface area contributed by atoms with Crippen molar-refractivity contribution in [2.45, 2.75) is 25.9 Å². The molecule has 29 heavy (non-hydrogen) atoms. The molecule has 1 aromatic heterocycles. The van der Waals surface area contributed by atoms with Gasteiger partial charge < -0.3 is 10.1 Å². The molecule has 0 saturated carbocycles. The summed E-state index contributed by atoms with van der Waals surface area (Å²) in [6.07, 6.45) is 0.734. The summed E-state index contributed by atoms with van der Waals surface area (Å²) >= 11 is 3.41. The molecular formula is C22H22BrN3O3. The lowest BCUT2D eigenvalue weighted by Crippen LogP contribution is -2.32. The van der Waals surface area contributed by atoms with Crippen LogP contribution in [0.15, 0.2) is 76.0 Å². The number of amides is 1. The number of aromatic nitrogens is 2. The molecule has 1 unspecified atom stereocenters. The van der Waals surface area contributed by atoms with Crippen molar-refractivity contribution in [3.05, 3.63) is 92.8 Å². The van der Waals surface area contributed by atoms with Crippen LogP contribution in [0.4, 0.5) is 0 Å². The SMILES string of the molecule is CCC(NC(=O)c1ccc(=O)n(CCOc2ccccc2)n1)c1ccc(Br)cc1. The Bertz CT molecular complexity index is 1000. The second kappa shape index (κ2) is 10.0. The number of halogens is 1. The maximum Gasteiger partial charge on any atom is 0.272 e. The van der Waals surface area contributed by atoms with E-state index in [1.165, 1.54) is 16.8 Å². The third-order valence-electron chi connectivity index (χ3n) is 4.40. The van der Waals surface area contributed by atoms with E-state index in [1.54, 1.807) is 0 Å². The lowest BCUT2D eigenvalue weighted by Gasteiger charge is -2.17. The molecule has 0 aliphatic heterocycles. The molecule has 0 radical (unpaired) electrons. The first-order chi connectivity index (χ1) is 14.1. The molecule has 1 amide bonds. The molecule has 1 atom stereocenters. The van der Waals surface area contributed by atoms with Crippen molar-refractivity contribution in [3.63, 3.8) is 0 Å². The Balaban J connectivity index is 1.66. The maximum absolute atomic E-state index is 12.7. The summed E-state index contributed by atoms with van der Waals surface area (Å²) in [6, 6.07) is 19.8. The van der Waals surface area contributed by atoms with Crippen LogP contribution < -0.4 is 15.6 Å². The summed E-state index contributed by atoms with van der Waals surface area (Å²) in [7, 11) is 0. The van der Waals surface area contributed by atoms with Crippen molar-refractivity contribution in [3.8, 4) is 5.75 Å². The molecule has 6 nitrogen and oxygen atoms in total. The Morgan fingerprint density at radius 2 is 1.83 bits per heavy atom. The van der Waals surface area contributed by atoms with E-state index >= 15 is 0 Å². The number of benzene rings is 2. The molecular weight excluding hydrogens is 434 g/mol. The number of ether oxygens (including phenoxy) is 1. The lowest BCUT2D eigenvalue weighted by atomic mass is 10.0. The van der Waals surface area contributed by atoms with Gasteiger partial charge in [-0.1, -0.05) is 53.2 Å². The van der Waals surface area contributed by atoms with Crippen molar-refractivity contribution >= 4 is 21.8 Å². The molecule has 0 bridgehead atoms. The van der Waals surface area contributed by atoms with Gasteiger partial charge in [-0.25, -0.2) is 4.68 Å². The van der Waals surface area contributed by atoms with E-state index in [4.69, 9.17) is 4.74 Å². The van der Waals surface area contributed by atoms with Gasteiger partial charge in [0.25, 0.3) is 11.5 Å². The summed E-state index contributed by atoms with van der Waals surface area (Å²) in [5.41, 5.74) is 0.923. The van der Waals surface area contributed by atoms with Crippen molar-refractivity contribution in [2.75, 3.05) is 6.61 Å². The minimum absolute atomic E-state index is 0.140.